The van der Waals surface area contributed by atoms with Gasteiger partial charge in [-0.3, -0.25) is 0 Å². The van der Waals surface area contributed by atoms with Gasteiger partial charge in [-0.1, -0.05) is 30.7 Å². The normalized spacial score (nSPS) is 22.8. The topological polar surface area (TPSA) is 53.2 Å². The van der Waals surface area contributed by atoms with Crippen molar-refractivity contribution in [3.63, 3.8) is 0 Å². The molecule has 1 aromatic carbocycles. The number of rotatable bonds is 3. The third kappa shape index (κ3) is 4.11. The number of benzene rings is 1. The van der Waals surface area contributed by atoms with Crippen molar-refractivity contribution in [3.05, 3.63) is 29.3 Å². The van der Waals surface area contributed by atoms with E-state index < -0.39 is 0 Å². The Kier molecular flexibility index (Phi) is 4.66. The first kappa shape index (κ1) is 14.2. The van der Waals surface area contributed by atoms with Crippen LogP contribution in [-0.2, 0) is 0 Å². The Labute approximate surface area is 118 Å². The van der Waals surface area contributed by atoms with Gasteiger partial charge in [0.15, 0.2) is 0 Å². The Morgan fingerprint density at radius 2 is 2.26 bits per heavy atom. The summed E-state index contributed by atoms with van der Waals surface area (Å²) in [7, 11) is 0. The Balaban J connectivity index is 1.83. The van der Waals surface area contributed by atoms with Crippen LogP contribution in [0.2, 0.25) is 5.02 Å². The van der Waals surface area contributed by atoms with Gasteiger partial charge in [0.2, 0.25) is 0 Å². The molecule has 4 nitrogen and oxygen atoms in total. The van der Waals surface area contributed by atoms with Crippen LogP contribution in [0.1, 0.15) is 19.8 Å². The van der Waals surface area contributed by atoms with Crippen LogP contribution in [0.3, 0.4) is 0 Å². The molecule has 0 aromatic heterocycles. The fraction of sp³-hybridized carbons (Fsp3) is 0.500. The summed E-state index contributed by atoms with van der Waals surface area (Å²) in [5.41, 5.74) is 0.768. The van der Waals surface area contributed by atoms with Gasteiger partial charge in [-0.15, -0.1) is 0 Å². The van der Waals surface area contributed by atoms with Gasteiger partial charge in [-0.25, -0.2) is 4.79 Å². The molecule has 104 valence electrons. The van der Waals surface area contributed by atoms with E-state index in [0.29, 0.717) is 17.3 Å². The minimum absolute atomic E-state index is 0.135. The van der Waals surface area contributed by atoms with Gasteiger partial charge in [-0.05, 0) is 36.9 Å². The van der Waals surface area contributed by atoms with Crippen LogP contribution in [-0.4, -0.2) is 25.7 Å². The number of nitrogens with one attached hydrogen (secondary N) is 3. The van der Waals surface area contributed by atoms with Crippen molar-refractivity contribution in [2.75, 3.05) is 25.0 Å². The molecule has 1 fully saturated rings. The smallest absolute Gasteiger partial charge is 0.319 e. The highest BCUT2D eigenvalue weighted by molar-refractivity contribution is 6.33. The lowest BCUT2D eigenvalue weighted by Crippen LogP contribution is -2.46. The molecule has 0 radical (unpaired) electrons. The molecule has 1 aliphatic rings. The first-order chi connectivity index (χ1) is 9.09. The van der Waals surface area contributed by atoms with Gasteiger partial charge in [0.05, 0.1) is 10.7 Å². The van der Waals surface area contributed by atoms with Gasteiger partial charge < -0.3 is 16.0 Å². The van der Waals surface area contributed by atoms with Crippen molar-refractivity contribution in [1.82, 2.24) is 10.6 Å². The lowest BCUT2D eigenvalue weighted by Gasteiger charge is -2.34. The molecule has 1 aliphatic heterocycles. The van der Waals surface area contributed by atoms with Crippen molar-refractivity contribution in [2.45, 2.75) is 19.8 Å². The van der Waals surface area contributed by atoms with Crippen LogP contribution in [0.25, 0.3) is 0 Å². The van der Waals surface area contributed by atoms with Crippen molar-refractivity contribution < 1.29 is 4.79 Å². The second-order valence-electron chi connectivity index (χ2n) is 5.38. The average Bonchev–Trinajstić information content (AvgIpc) is 2.40. The predicted octanol–water partition coefficient (Wildman–Crippen LogP) is 2.85. The molecule has 2 rings (SSSR count). The summed E-state index contributed by atoms with van der Waals surface area (Å²) in [6.45, 7) is 4.87. The zero-order valence-electron chi connectivity index (χ0n) is 11.1. The second-order valence-corrected chi connectivity index (χ2v) is 5.79. The number of amides is 2. The molecule has 5 heteroatoms. The van der Waals surface area contributed by atoms with E-state index in [1.807, 2.05) is 12.1 Å². The van der Waals surface area contributed by atoms with Gasteiger partial charge in [-0.2, -0.15) is 0 Å². The number of hydrogen-bond acceptors (Lipinski definition) is 2. The van der Waals surface area contributed by atoms with Crippen LogP contribution >= 0.6 is 11.6 Å². The van der Waals surface area contributed by atoms with Crippen molar-refractivity contribution in [2.24, 2.45) is 5.41 Å². The fourth-order valence-corrected chi connectivity index (χ4v) is 2.48. The summed E-state index contributed by atoms with van der Waals surface area (Å²) in [4.78, 5) is 11.8. The number of halogens is 1. The summed E-state index contributed by atoms with van der Waals surface area (Å²) >= 11 is 5.99. The standard InChI is InChI=1S/C14H20ClN3O/c1-14(7-4-8-16-9-14)10-17-13(19)18-12-6-3-2-5-11(12)15/h2-3,5-6,16H,4,7-10H2,1H3,(H2,17,18,19). The molecule has 0 saturated carbocycles. The van der Waals surface area contributed by atoms with Crippen LogP contribution in [0.15, 0.2) is 24.3 Å². The largest absolute Gasteiger partial charge is 0.337 e. The molecule has 0 aliphatic carbocycles. The van der Waals surface area contributed by atoms with E-state index in [1.54, 1.807) is 12.1 Å². The van der Waals surface area contributed by atoms with E-state index >= 15 is 0 Å². The second kappa shape index (κ2) is 6.26. The summed E-state index contributed by atoms with van der Waals surface area (Å²) in [6, 6.07) is 7.00. The monoisotopic (exact) mass is 281 g/mol. The van der Waals surface area contributed by atoms with E-state index in [4.69, 9.17) is 11.6 Å². The predicted molar refractivity (Wildman–Crippen MR) is 78.7 cm³/mol. The van der Waals surface area contributed by atoms with E-state index in [9.17, 15) is 4.79 Å². The molecular formula is C14H20ClN3O. The highest BCUT2D eigenvalue weighted by Gasteiger charge is 2.27. The molecule has 3 N–H and O–H groups in total. The van der Waals surface area contributed by atoms with E-state index in [-0.39, 0.29) is 11.4 Å². The Hall–Kier alpha value is -1.26. The highest BCUT2D eigenvalue weighted by atomic mass is 35.5. The summed E-state index contributed by atoms with van der Waals surface area (Å²) in [5.74, 6) is 0. The Bertz CT molecular complexity index is 444. The first-order valence-corrected chi connectivity index (χ1v) is 6.97. The quantitative estimate of drug-likeness (QED) is 0.798. The Morgan fingerprint density at radius 3 is 2.95 bits per heavy atom. The van der Waals surface area contributed by atoms with Crippen LogP contribution < -0.4 is 16.0 Å². The van der Waals surface area contributed by atoms with E-state index in [0.717, 1.165) is 25.9 Å². The molecule has 1 heterocycles. The maximum atomic E-state index is 11.8. The van der Waals surface area contributed by atoms with Crippen molar-refractivity contribution in [3.8, 4) is 0 Å². The van der Waals surface area contributed by atoms with E-state index in [1.165, 1.54) is 0 Å². The third-order valence-corrected chi connectivity index (χ3v) is 3.81. The minimum atomic E-state index is -0.208. The van der Waals surface area contributed by atoms with Crippen molar-refractivity contribution >= 4 is 23.3 Å². The Morgan fingerprint density at radius 1 is 1.47 bits per heavy atom. The number of carbonyl (C=O) groups is 1. The van der Waals surface area contributed by atoms with Gasteiger partial charge >= 0.3 is 6.03 Å². The zero-order valence-corrected chi connectivity index (χ0v) is 11.9. The number of hydrogen-bond donors (Lipinski definition) is 3. The first-order valence-electron chi connectivity index (χ1n) is 6.59. The third-order valence-electron chi connectivity index (χ3n) is 3.48. The van der Waals surface area contributed by atoms with Gasteiger partial charge in [0.25, 0.3) is 0 Å². The molecule has 0 spiro atoms. The highest BCUT2D eigenvalue weighted by Crippen LogP contribution is 2.24. The number of anilines is 1. The summed E-state index contributed by atoms with van der Waals surface area (Å²) in [6.07, 6.45) is 2.29. The number of carbonyl (C=O) groups excluding carboxylic acids is 1. The fourth-order valence-electron chi connectivity index (χ4n) is 2.29. The molecule has 2 amide bonds. The van der Waals surface area contributed by atoms with Gasteiger partial charge in [0, 0.05) is 13.1 Å². The van der Waals surface area contributed by atoms with Crippen LogP contribution in [0.5, 0.6) is 0 Å². The maximum Gasteiger partial charge on any atom is 0.319 e. The molecule has 1 unspecified atom stereocenters. The molecule has 19 heavy (non-hydrogen) atoms. The van der Waals surface area contributed by atoms with E-state index in [2.05, 4.69) is 22.9 Å². The maximum absolute atomic E-state index is 11.8. The number of urea groups is 1. The van der Waals surface area contributed by atoms with Crippen molar-refractivity contribution in [1.29, 1.82) is 0 Å². The SMILES string of the molecule is CC1(CNC(=O)Nc2ccccc2Cl)CCCNC1. The average molecular weight is 282 g/mol. The minimum Gasteiger partial charge on any atom is -0.337 e. The summed E-state index contributed by atoms with van der Waals surface area (Å²) in [5, 5.41) is 9.59. The molecule has 1 saturated heterocycles. The molecule has 0 bridgehead atoms. The summed E-state index contributed by atoms with van der Waals surface area (Å²) < 4.78 is 0. The lowest BCUT2D eigenvalue weighted by atomic mass is 9.83. The van der Waals surface area contributed by atoms with Crippen LogP contribution in [0.4, 0.5) is 10.5 Å². The molecular weight excluding hydrogens is 262 g/mol. The van der Waals surface area contributed by atoms with Gasteiger partial charge in [0.1, 0.15) is 0 Å². The molecule has 1 atom stereocenters. The lowest BCUT2D eigenvalue weighted by molar-refractivity contribution is 0.217. The number of para-hydroxylation sites is 1. The zero-order chi connectivity index (χ0) is 13.7. The number of piperidine rings is 1. The van der Waals surface area contributed by atoms with Crippen LogP contribution in [0, 0.1) is 5.41 Å². The molecule has 1 aromatic rings.